The van der Waals surface area contributed by atoms with Crippen LogP contribution in [0.25, 0.3) is 0 Å². The van der Waals surface area contributed by atoms with Gasteiger partial charge in [-0.05, 0) is 31.4 Å². The minimum Gasteiger partial charge on any atom is -0.378 e. The number of amides is 1. The molecule has 1 fully saturated rings. The predicted octanol–water partition coefficient (Wildman–Crippen LogP) is 2.15. The summed E-state index contributed by atoms with van der Waals surface area (Å²) in [6, 6.07) is 9.63. The van der Waals surface area contributed by atoms with Gasteiger partial charge in [0.1, 0.15) is 0 Å². The lowest BCUT2D eigenvalue weighted by atomic mass is 10.0. The highest BCUT2D eigenvalue weighted by atomic mass is 35.5. The van der Waals surface area contributed by atoms with Crippen LogP contribution in [0.2, 0.25) is 0 Å². The molecule has 1 heterocycles. The fourth-order valence-corrected chi connectivity index (χ4v) is 2.75. The van der Waals surface area contributed by atoms with E-state index in [4.69, 9.17) is 15.2 Å². The van der Waals surface area contributed by atoms with Crippen LogP contribution in [0.5, 0.6) is 0 Å². The molecule has 0 aliphatic carbocycles. The number of halogens is 1. The zero-order chi connectivity index (χ0) is 15.8. The van der Waals surface area contributed by atoms with E-state index in [9.17, 15) is 4.79 Å². The van der Waals surface area contributed by atoms with Crippen molar-refractivity contribution >= 4 is 18.3 Å². The molecule has 0 radical (unpaired) electrons. The third-order valence-electron chi connectivity index (χ3n) is 4.02. The Morgan fingerprint density at radius 3 is 2.52 bits per heavy atom. The first-order chi connectivity index (χ1) is 10.8. The van der Waals surface area contributed by atoms with E-state index >= 15 is 0 Å². The maximum atomic E-state index is 12.6. The zero-order valence-electron chi connectivity index (χ0n) is 13.6. The lowest BCUT2D eigenvalue weighted by Gasteiger charge is -2.34. The average Bonchev–Trinajstić information content (AvgIpc) is 2.57. The zero-order valence-corrected chi connectivity index (χ0v) is 14.5. The summed E-state index contributed by atoms with van der Waals surface area (Å²) in [4.78, 5) is 14.5. The lowest BCUT2D eigenvalue weighted by Crippen LogP contribution is -2.43. The fraction of sp³-hybridized carbons (Fsp3) is 0.588. The third kappa shape index (κ3) is 5.77. The van der Waals surface area contributed by atoms with Crippen LogP contribution in [0.3, 0.4) is 0 Å². The number of hydrogen-bond acceptors (Lipinski definition) is 4. The average molecular weight is 343 g/mol. The summed E-state index contributed by atoms with van der Waals surface area (Å²) in [6.45, 7) is 2.81. The number of rotatable bonds is 7. The van der Waals surface area contributed by atoms with Crippen LogP contribution in [-0.2, 0) is 14.3 Å². The quantitative estimate of drug-likeness (QED) is 0.771. The molecule has 1 amide bonds. The topological polar surface area (TPSA) is 64.8 Å². The van der Waals surface area contributed by atoms with Crippen molar-refractivity contribution in [3.8, 4) is 0 Å². The molecule has 23 heavy (non-hydrogen) atoms. The number of nitrogens with zero attached hydrogens (tertiary/aromatic N) is 1. The van der Waals surface area contributed by atoms with E-state index in [1.54, 1.807) is 7.11 Å². The number of methoxy groups -OCH3 is 1. The number of carbonyl (C=O) groups is 1. The number of ether oxygens (including phenoxy) is 2. The summed E-state index contributed by atoms with van der Waals surface area (Å²) in [6.07, 6.45) is 2.37. The molecule has 1 aromatic rings. The number of piperidine rings is 1. The van der Waals surface area contributed by atoms with Crippen LogP contribution < -0.4 is 5.73 Å². The van der Waals surface area contributed by atoms with Gasteiger partial charge in [0.05, 0.1) is 6.10 Å². The highest BCUT2D eigenvalue weighted by Gasteiger charge is 2.29. The molecule has 1 aliphatic rings. The van der Waals surface area contributed by atoms with Crippen molar-refractivity contribution < 1.29 is 14.3 Å². The van der Waals surface area contributed by atoms with Gasteiger partial charge in [0, 0.05) is 26.8 Å². The van der Waals surface area contributed by atoms with E-state index in [0.717, 1.165) is 37.9 Å². The normalized spacial score (nSPS) is 16.7. The van der Waals surface area contributed by atoms with E-state index in [1.165, 1.54) is 0 Å². The van der Waals surface area contributed by atoms with Crippen molar-refractivity contribution in [2.45, 2.75) is 31.5 Å². The molecule has 2 rings (SSSR count). The Hall–Kier alpha value is -1.14. The lowest BCUT2D eigenvalue weighted by molar-refractivity contribution is -0.145. The summed E-state index contributed by atoms with van der Waals surface area (Å²) < 4.78 is 11.2. The SMILES string of the molecule is COC(C(=O)N1CCC(OCCCN)CC1)c1ccccc1.Cl. The van der Waals surface area contributed by atoms with Gasteiger partial charge in [-0.3, -0.25) is 4.79 Å². The summed E-state index contributed by atoms with van der Waals surface area (Å²) in [5.74, 6) is 0.0362. The van der Waals surface area contributed by atoms with E-state index < -0.39 is 6.10 Å². The molecule has 1 atom stereocenters. The van der Waals surface area contributed by atoms with Crippen molar-refractivity contribution in [1.29, 1.82) is 0 Å². The first-order valence-corrected chi connectivity index (χ1v) is 7.94. The molecule has 1 saturated heterocycles. The van der Waals surface area contributed by atoms with E-state index in [2.05, 4.69) is 0 Å². The molecule has 6 heteroatoms. The van der Waals surface area contributed by atoms with Gasteiger partial charge in [0.25, 0.3) is 5.91 Å². The highest BCUT2D eigenvalue weighted by Crippen LogP contribution is 2.22. The van der Waals surface area contributed by atoms with Crippen LogP contribution in [0.1, 0.15) is 30.9 Å². The van der Waals surface area contributed by atoms with Crippen molar-refractivity contribution in [3.05, 3.63) is 35.9 Å². The van der Waals surface area contributed by atoms with Crippen LogP contribution in [0.15, 0.2) is 30.3 Å². The van der Waals surface area contributed by atoms with Gasteiger partial charge in [-0.1, -0.05) is 30.3 Å². The van der Waals surface area contributed by atoms with Crippen molar-refractivity contribution in [2.75, 3.05) is 33.4 Å². The molecule has 0 bridgehead atoms. The number of hydrogen-bond donors (Lipinski definition) is 1. The first-order valence-electron chi connectivity index (χ1n) is 7.94. The maximum absolute atomic E-state index is 12.6. The molecule has 2 N–H and O–H groups in total. The molecule has 1 aromatic carbocycles. The Bertz CT molecular complexity index is 450. The standard InChI is InChI=1S/C17H26N2O3.ClH/c1-21-16(14-6-3-2-4-7-14)17(20)19-11-8-15(9-12-19)22-13-5-10-18;/h2-4,6-7,15-16H,5,8-13,18H2,1H3;1H. The highest BCUT2D eigenvalue weighted by molar-refractivity contribution is 5.85. The van der Waals surface area contributed by atoms with Gasteiger partial charge in [-0.25, -0.2) is 0 Å². The number of carbonyl (C=O) groups excluding carboxylic acids is 1. The Morgan fingerprint density at radius 2 is 1.96 bits per heavy atom. The van der Waals surface area contributed by atoms with Crippen LogP contribution in [0, 0.1) is 0 Å². The second-order valence-corrected chi connectivity index (χ2v) is 5.56. The number of benzene rings is 1. The van der Waals surface area contributed by atoms with Crippen LogP contribution >= 0.6 is 12.4 Å². The number of nitrogens with two attached hydrogens (primary N) is 1. The smallest absolute Gasteiger partial charge is 0.256 e. The molecule has 0 spiro atoms. The van der Waals surface area contributed by atoms with Gasteiger partial charge in [0.2, 0.25) is 0 Å². The monoisotopic (exact) mass is 342 g/mol. The summed E-state index contributed by atoms with van der Waals surface area (Å²) in [5, 5.41) is 0. The largest absolute Gasteiger partial charge is 0.378 e. The predicted molar refractivity (Wildman–Crippen MR) is 92.7 cm³/mol. The molecular weight excluding hydrogens is 316 g/mol. The van der Waals surface area contributed by atoms with E-state index in [0.29, 0.717) is 13.2 Å². The first kappa shape index (κ1) is 19.9. The Balaban J connectivity index is 0.00000264. The van der Waals surface area contributed by atoms with Gasteiger partial charge in [-0.2, -0.15) is 0 Å². The summed E-state index contributed by atoms with van der Waals surface area (Å²) >= 11 is 0. The van der Waals surface area contributed by atoms with Gasteiger partial charge in [0.15, 0.2) is 6.10 Å². The summed E-state index contributed by atoms with van der Waals surface area (Å²) in [5.41, 5.74) is 6.36. The van der Waals surface area contributed by atoms with Gasteiger partial charge >= 0.3 is 0 Å². The van der Waals surface area contributed by atoms with Crippen molar-refractivity contribution in [2.24, 2.45) is 5.73 Å². The molecule has 0 saturated carbocycles. The Kier molecular flexibility index (Phi) is 9.17. The fourth-order valence-electron chi connectivity index (χ4n) is 2.75. The Labute approximate surface area is 144 Å². The third-order valence-corrected chi connectivity index (χ3v) is 4.02. The maximum Gasteiger partial charge on any atom is 0.256 e. The molecule has 5 nitrogen and oxygen atoms in total. The van der Waals surface area contributed by atoms with Crippen LogP contribution in [0.4, 0.5) is 0 Å². The van der Waals surface area contributed by atoms with E-state index in [-0.39, 0.29) is 24.4 Å². The molecule has 1 unspecified atom stereocenters. The van der Waals surface area contributed by atoms with Gasteiger partial charge < -0.3 is 20.1 Å². The minimum atomic E-state index is -0.518. The second kappa shape index (κ2) is 10.6. The minimum absolute atomic E-state index is 0. The molecule has 1 aliphatic heterocycles. The Morgan fingerprint density at radius 1 is 1.30 bits per heavy atom. The van der Waals surface area contributed by atoms with Crippen molar-refractivity contribution in [3.63, 3.8) is 0 Å². The second-order valence-electron chi connectivity index (χ2n) is 5.56. The molecule has 130 valence electrons. The summed E-state index contributed by atoms with van der Waals surface area (Å²) in [7, 11) is 1.58. The molecule has 0 aromatic heterocycles. The molecular formula is C17H27ClN2O3. The van der Waals surface area contributed by atoms with Gasteiger partial charge in [-0.15, -0.1) is 12.4 Å². The van der Waals surface area contributed by atoms with Crippen LogP contribution in [-0.4, -0.2) is 50.3 Å². The number of likely N-dealkylation sites (tertiary alicyclic amines) is 1. The van der Waals surface area contributed by atoms with E-state index in [1.807, 2.05) is 35.2 Å². The van der Waals surface area contributed by atoms with Crippen molar-refractivity contribution in [1.82, 2.24) is 4.90 Å².